The third-order valence-corrected chi connectivity index (χ3v) is 5.39. The van der Waals surface area contributed by atoms with Crippen molar-refractivity contribution in [2.45, 2.75) is 20.8 Å². The lowest BCUT2D eigenvalue weighted by molar-refractivity contribution is -0.122. The number of aromatic nitrogens is 2. The number of hydrogen-bond donors (Lipinski definition) is 1. The minimum Gasteiger partial charge on any atom is -0.303 e. The molecule has 0 saturated carbocycles. The van der Waals surface area contributed by atoms with Crippen LogP contribution in [0.3, 0.4) is 0 Å². The Bertz CT molecular complexity index is 1210. The van der Waals surface area contributed by atoms with Crippen LogP contribution in [0.15, 0.2) is 60.3 Å². The summed E-state index contributed by atoms with van der Waals surface area (Å²) in [7, 11) is 0. The van der Waals surface area contributed by atoms with Crippen LogP contribution in [0.2, 0.25) is 0 Å². The molecule has 0 unspecified atom stereocenters. The third kappa shape index (κ3) is 3.33. The fourth-order valence-corrected chi connectivity index (χ4v) is 3.89. The van der Waals surface area contributed by atoms with Gasteiger partial charge in [-0.1, -0.05) is 24.3 Å². The number of anilines is 1. The quantitative estimate of drug-likeness (QED) is 0.402. The standard InChI is InChI=1S/C23H20N4O2S/c1-14-8-4-5-9-19(14)27-22(29)18(21(28)25-23(27)30)13-17-12-15(2)26(16(17)3)20-10-6-7-11-24-20/h4-13H,1-3H3,(H,25,28,30)/b18-13+. The van der Waals surface area contributed by atoms with E-state index in [0.717, 1.165) is 28.3 Å². The first-order valence-corrected chi connectivity index (χ1v) is 9.86. The fraction of sp³-hybridized carbons (Fsp3) is 0.130. The highest BCUT2D eigenvalue weighted by Crippen LogP contribution is 2.27. The van der Waals surface area contributed by atoms with Crippen LogP contribution in [0.1, 0.15) is 22.5 Å². The van der Waals surface area contributed by atoms with Gasteiger partial charge in [0.05, 0.1) is 5.69 Å². The Hall–Kier alpha value is -3.58. The molecular weight excluding hydrogens is 396 g/mol. The van der Waals surface area contributed by atoms with Crippen LogP contribution in [-0.2, 0) is 9.59 Å². The van der Waals surface area contributed by atoms with E-state index in [1.807, 2.05) is 73.9 Å². The number of benzene rings is 1. The third-order valence-electron chi connectivity index (χ3n) is 5.11. The molecule has 0 aliphatic carbocycles. The van der Waals surface area contributed by atoms with E-state index in [9.17, 15) is 9.59 Å². The summed E-state index contributed by atoms with van der Waals surface area (Å²) >= 11 is 5.29. The molecule has 1 N–H and O–H groups in total. The lowest BCUT2D eigenvalue weighted by Gasteiger charge is -2.30. The van der Waals surface area contributed by atoms with Crippen LogP contribution in [-0.4, -0.2) is 26.5 Å². The number of para-hydroxylation sites is 1. The lowest BCUT2D eigenvalue weighted by Crippen LogP contribution is -2.54. The zero-order valence-corrected chi connectivity index (χ0v) is 17.7. The monoisotopic (exact) mass is 416 g/mol. The molecule has 1 fully saturated rings. The van der Waals surface area contributed by atoms with Crippen molar-refractivity contribution in [3.63, 3.8) is 0 Å². The lowest BCUT2D eigenvalue weighted by atomic mass is 10.1. The van der Waals surface area contributed by atoms with Gasteiger partial charge in [-0.25, -0.2) is 4.98 Å². The van der Waals surface area contributed by atoms with Gasteiger partial charge < -0.3 is 4.57 Å². The molecule has 3 aromatic rings. The average molecular weight is 417 g/mol. The second-order valence-corrected chi connectivity index (χ2v) is 7.48. The zero-order chi connectivity index (χ0) is 21.4. The van der Waals surface area contributed by atoms with Gasteiger partial charge in [0.1, 0.15) is 11.4 Å². The molecule has 1 aliphatic rings. The molecule has 3 heterocycles. The van der Waals surface area contributed by atoms with Crippen molar-refractivity contribution in [2.75, 3.05) is 4.90 Å². The number of carbonyl (C=O) groups excluding carboxylic acids is 2. The summed E-state index contributed by atoms with van der Waals surface area (Å²) < 4.78 is 1.99. The van der Waals surface area contributed by atoms with E-state index in [1.54, 1.807) is 12.3 Å². The van der Waals surface area contributed by atoms with Gasteiger partial charge in [-0.2, -0.15) is 0 Å². The maximum Gasteiger partial charge on any atom is 0.270 e. The van der Waals surface area contributed by atoms with E-state index in [1.165, 1.54) is 4.90 Å². The van der Waals surface area contributed by atoms with Crippen LogP contribution >= 0.6 is 12.2 Å². The number of hydrogen-bond acceptors (Lipinski definition) is 4. The van der Waals surface area contributed by atoms with Crippen LogP contribution in [0.5, 0.6) is 0 Å². The summed E-state index contributed by atoms with van der Waals surface area (Å²) in [5.41, 5.74) is 4.18. The van der Waals surface area contributed by atoms with Gasteiger partial charge in [0.15, 0.2) is 5.11 Å². The van der Waals surface area contributed by atoms with Crippen molar-refractivity contribution < 1.29 is 9.59 Å². The molecule has 150 valence electrons. The largest absolute Gasteiger partial charge is 0.303 e. The van der Waals surface area contributed by atoms with Crippen LogP contribution in [0, 0.1) is 20.8 Å². The maximum atomic E-state index is 13.3. The molecule has 1 aromatic carbocycles. The van der Waals surface area contributed by atoms with Crippen LogP contribution < -0.4 is 10.2 Å². The fourth-order valence-electron chi connectivity index (χ4n) is 3.62. The molecular formula is C23H20N4O2S. The SMILES string of the molecule is Cc1ccccc1N1C(=O)/C(=C/c2cc(C)n(-c3ccccn3)c2C)C(=O)NC1=S. The molecule has 6 nitrogen and oxygen atoms in total. The number of carbonyl (C=O) groups is 2. The summed E-state index contributed by atoms with van der Waals surface area (Å²) in [4.78, 5) is 31.7. The number of nitrogens with zero attached hydrogens (tertiary/aromatic N) is 3. The molecule has 1 saturated heterocycles. The van der Waals surface area contributed by atoms with Crippen LogP contribution in [0.25, 0.3) is 11.9 Å². The average Bonchev–Trinajstić information content (AvgIpc) is 3.00. The van der Waals surface area contributed by atoms with Gasteiger partial charge >= 0.3 is 0 Å². The number of rotatable bonds is 3. The van der Waals surface area contributed by atoms with E-state index in [2.05, 4.69) is 10.3 Å². The summed E-state index contributed by atoms with van der Waals surface area (Å²) in [6.45, 7) is 5.79. The molecule has 7 heteroatoms. The smallest absolute Gasteiger partial charge is 0.270 e. The molecule has 2 aromatic heterocycles. The molecule has 1 aliphatic heterocycles. The van der Waals surface area contributed by atoms with Crippen molar-refractivity contribution in [3.8, 4) is 5.82 Å². The summed E-state index contributed by atoms with van der Waals surface area (Å²) in [5, 5.41) is 2.72. The van der Waals surface area contributed by atoms with E-state index in [-0.39, 0.29) is 10.7 Å². The minimum atomic E-state index is -0.502. The first kappa shape index (κ1) is 19.7. The van der Waals surface area contributed by atoms with Crippen molar-refractivity contribution in [2.24, 2.45) is 0 Å². The predicted molar refractivity (Wildman–Crippen MR) is 120 cm³/mol. The molecule has 4 rings (SSSR count). The molecule has 2 amide bonds. The van der Waals surface area contributed by atoms with Crippen molar-refractivity contribution in [3.05, 3.63) is 82.8 Å². The van der Waals surface area contributed by atoms with Crippen LogP contribution in [0.4, 0.5) is 5.69 Å². The van der Waals surface area contributed by atoms with Crippen molar-refractivity contribution >= 4 is 40.9 Å². The molecule has 0 spiro atoms. The van der Waals surface area contributed by atoms with Gasteiger partial charge in [0.25, 0.3) is 11.8 Å². The molecule has 0 bridgehead atoms. The predicted octanol–water partition coefficient (Wildman–Crippen LogP) is 3.63. The van der Waals surface area contributed by atoms with Crippen molar-refractivity contribution in [1.82, 2.24) is 14.9 Å². The number of aryl methyl sites for hydroxylation is 2. The highest BCUT2D eigenvalue weighted by molar-refractivity contribution is 7.80. The van der Waals surface area contributed by atoms with Gasteiger partial charge in [0.2, 0.25) is 0 Å². The molecule has 0 radical (unpaired) electrons. The Morgan fingerprint density at radius 1 is 1.03 bits per heavy atom. The minimum absolute atomic E-state index is 0.0353. The van der Waals surface area contributed by atoms with Gasteiger partial charge in [-0.15, -0.1) is 0 Å². The van der Waals surface area contributed by atoms with E-state index in [4.69, 9.17) is 12.2 Å². The molecule has 30 heavy (non-hydrogen) atoms. The van der Waals surface area contributed by atoms with E-state index < -0.39 is 11.8 Å². The Morgan fingerprint density at radius 2 is 1.77 bits per heavy atom. The second kappa shape index (κ2) is 7.68. The number of pyridine rings is 1. The van der Waals surface area contributed by atoms with E-state index in [0.29, 0.717) is 5.69 Å². The topological polar surface area (TPSA) is 67.2 Å². The number of thiocarbonyl (C=S) groups is 1. The maximum absolute atomic E-state index is 13.3. The zero-order valence-electron chi connectivity index (χ0n) is 16.8. The first-order valence-electron chi connectivity index (χ1n) is 9.46. The Labute approximate surface area is 179 Å². The summed E-state index contributed by atoms with van der Waals surface area (Å²) in [5.74, 6) is -0.169. The first-order chi connectivity index (χ1) is 14.4. The summed E-state index contributed by atoms with van der Waals surface area (Å²) in [6, 6.07) is 15.0. The Kier molecular flexibility index (Phi) is 5.05. The van der Waals surface area contributed by atoms with Gasteiger partial charge in [-0.05, 0) is 74.5 Å². The Balaban J connectivity index is 1.78. The summed E-state index contributed by atoms with van der Waals surface area (Å²) in [6.07, 6.45) is 3.35. The van der Waals surface area contributed by atoms with Gasteiger partial charge in [-0.3, -0.25) is 19.8 Å². The normalized spacial score (nSPS) is 15.6. The number of nitrogens with one attached hydrogen (secondary N) is 1. The van der Waals surface area contributed by atoms with Gasteiger partial charge in [0, 0.05) is 17.6 Å². The number of amides is 2. The second-order valence-electron chi connectivity index (χ2n) is 7.09. The van der Waals surface area contributed by atoms with E-state index >= 15 is 0 Å². The molecule has 0 atom stereocenters. The highest BCUT2D eigenvalue weighted by atomic mass is 32.1. The van der Waals surface area contributed by atoms with Crippen molar-refractivity contribution in [1.29, 1.82) is 0 Å². The highest BCUT2D eigenvalue weighted by Gasteiger charge is 2.35. The Morgan fingerprint density at radius 3 is 2.47 bits per heavy atom.